The van der Waals surface area contributed by atoms with Crippen LogP contribution in [0.4, 0.5) is 14.5 Å². The van der Waals surface area contributed by atoms with Gasteiger partial charge in [-0.2, -0.15) is 0 Å². The molecule has 2 aliphatic carbocycles. The van der Waals surface area contributed by atoms with E-state index in [1.165, 1.54) is 6.07 Å². The maximum Gasteiger partial charge on any atom is 0.272 e. The first-order valence-electron chi connectivity index (χ1n) is 13.7. The SMILES string of the molecule is Cc1c(SN2C3CCC34C2CC4(O)c2cc(-c3ccccc3)on2)c2n(c1C(=O)Nc1ccc(F)c(F)c1)CC=C2. The Kier molecular flexibility index (Phi) is 5.27. The Hall–Kier alpha value is -3.73. The summed E-state index contributed by atoms with van der Waals surface area (Å²) in [5.74, 6) is -1.70. The summed E-state index contributed by atoms with van der Waals surface area (Å²) in [6, 6.07) is 15.3. The summed E-state index contributed by atoms with van der Waals surface area (Å²) in [5, 5.41) is 18.9. The lowest BCUT2D eigenvalue weighted by Crippen LogP contribution is -2.88. The lowest BCUT2D eigenvalue weighted by Gasteiger charge is -2.81. The van der Waals surface area contributed by atoms with Gasteiger partial charge in [0.15, 0.2) is 17.4 Å². The third-order valence-electron chi connectivity index (χ3n) is 9.53. The van der Waals surface area contributed by atoms with Crippen molar-refractivity contribution in [3.05, 3.63) is 95.0 Å². The average Bonchev–Trinajstić information content (AvgIpc) is 3.67. The van der Waals surface area contributed by atoms with Gasteiger partial charge in [-0.15, -0.1) is 0 Å². The maximum absolute atomic E-state index is 13.7. The molecule has 1 amide bonds. The molecule has 2 aliphatic heterocycles. The fraction of sp³-hybridized carbons (Fsp3) is 0.290. The second-order valence-corrected chi connectivity index (χ2v) is 12.4. The standard InChI is InChI=1S/C31H26F2N4O3S/c1-17-27(29(38)34-19-9-10-20(32)21(33)14-19)36-13-5-8-22(36)28(17)41-37-25-11-12-30(25)26(37)16-31(30,39)24-15-23(40-35-24)18-6-3-2-4-7-18/h2-10,14-15,25-26,39H,11-13,16H2,1H3,(H,34,38). The lowest BCUT2D eigenvalue weighted by molar-refractivity contribution is -0.349. The van der Waals surface area contributed by atoms with Crippen molar-refractivity contribution in [2.75, 3.05) is 5.32 Å². The molecule has 4 atom stereocenters. The van der Waals surface area contributed by atoms with Crippen molar-refractivity contribution in [2.45, 2.75) is 55.3 Å². The number of hydrogen-bond donors (Lipinski definition) is 2. The molecule has 8 rings (SSSR count). The van der Waals surface area contributed by atoms with E-state index < -0.39 is 17.2 Å². The lowest BCUT2D eigenvalue weighted by atomic mass is 9.36. The molecule has 41 heavy (non-hydrogen) atoms. The van der Waals surface area contributed by atoms with Gasteiger partial charge < -0.3 is 19.5 Å². The van der Waals surface area contributed by atoms with Gasteiger partial charge in [0.1, 0.15) is 17.0 Å². The first-order chi connectivity index (χ1) is 19.8. The second-order valence-electron chi connectivity index (χ2n) is 11.4. The molecule has 4 heterocycles. The fourth-order valence-electron chi connectivity index (χ4n) is 7.39. The van der Waals surface area contributed by atoms with E-state index in [2.05, 4.69) is 14.8 Å². The van der Waals surface area contributed by atoms with Crippen LogP contribution in [0.2, 0.25) is 0 Å². The molecule has 4 aromatic rings. The number of allylic oxidation sites excluding steroid dienone is 1. The maximum atomic E-state index is 13.7. The summed E-state index contributed by atoms with van der Waals surface area (Å²) in [4.78, 5) is 14.3. The van der Waals surface area contributed by atoms with Crippen LogP contribution in [-0.4, -0.2) is 37.1 Å². The van der Waals surface area contributed by atoms with Crippen LogP contribution in [0.25, 0.3) is 17.4 Å². The highest BCUT2D eigenvalue weighted by Gasteiger charge is 2.83. The van der Waals surface area contributed by atoms with Crippen molar-refractivity contribution < 1.29 is 23.2 Å². The number of fused-ring (bicyclic) bond motifs is 1. The van der Waals surface area contributed by atoms with Gasteiger partial charge in [0, 0.05) is 47.4 Å². The Morgan fingerprint density at radius 2 is 1.98 bits per heavy atom. The Morgan fingerprint density at radius 3 is 2.71 bits per heavy atom. The van der Waals surface area contributed by atoms with E-state index >= 15 is 0 Å². The zero-order chi connectivity index (χ0) is 28.1. The minimum Gasteiger partial charge on any atom is -0.383 e. The van der Waals surface area contributed by atoms with Crippen LogP contribution in [0, 0.1) is 24.0 Å². The van der Waals surface area contributed by atoms with Crippen LogP contribution in [-0.2, 0) is 12.1 Å². The number of aromatic nitrogens is 2. The zero-order valence-corrected chi connectivity index (χ0v) is 22.9. The van der Waals surface area contributed by atoms with Crippen LogP contribution in [0.1, 0.15) is 46.7 Å². The molecule has 10 heteroatoms. The quantitative estimate of drug-likeness (QED) is 0.270. The van der Waals surface area contributed by atoms with Crippen LogP contribution in [0.5, 0.6) is 0 Å². The van der Waals surface area contributed by atoms with Crippen molar-refractivity contribution in [3.8, 4) is 11.3 Å². The monoisotopic (exact) mass is 572 g/mol. The number of rotatable bonds is 6. The molecule has 4 aliphatic rings. The molecular formula is C31H26F2N4O3S. The molecule has 1 saturated heterocycles. The van der Waals surface area contributed by atoms with Gasteiger partial charge in [-0.1, -0.05) is 41.6 Å². The summed E-state index contributed by atoms with van der Waals surface area (Å²) in [7, 11) is 0. The van der Waals surface area contributed by atoms with Crippen molar-refractivity contribution in [1.82, 2.24) is 14.0 Å². The van der Waals surface area contributed by atoms with Gasteiger partial charge in [-0.05, 0) is 61.9 Å². The Morgan fingerprint density at radius 1 is 1.15 bits per heavy atom. The molecule has 0 radical (unpaired) electrons. The number of piperidine rings is 2. The molecule has 1 spiro atoms. The summed E-state index contributed by atoms with van der Waals surface area (Å²) in [5.41, 5.74) is 2.74. The number of carbonyl (C=O) groups is 1. The number of benzene rings is 2. The van der Waals surface area contributed by atoms with Gasteiger partial charge in [-0.3, -0.25) is 4.79 Å². The predicted molar refractivity (Wildman–Crippen MR) is 150 cm³/mol. The van der Waals surface area contributed by atoms with Crippen molar-refractivity contribution in [1.29, 1.82) is 0 Å². The molecule has 0 bridgehead atoms. The largest absolute Gasteiger partial charge is 0.383 e. The number of nitrogens with one attached hydrogen (secondary N) is 1. The summed E-state index contributed by atoms with van der Waals surface area (Å²) >= 11 is 1.65. The van der Waals surface area contributed by atoms with E-state index in [0.29, 0.717) is 30.1 Å². The normalized spacial score (nSPS) is 27.3. The molecule has 208 valence electrons. The van der Waals surface area contributed by atoms with Gasteiger partial charge in [0.25, 0.3) is 5.91 Å². The second kappa shape index (κ2) is 8.64. The molecule has 2 aromatic carbocycles. The third-order valence-corrected chi connectivity index (χ3v) is 10.9. The van der Waals surface area contributed by atoms with E-state index in [1.807, 2.05) is 60.0 Å². The summed E-state index contributed by atoms with van der Waals surface area (Å²) < 4.78 is 37.1. The first kappa shape index (κ1) is 25.0. The highest BCUT2D eigenvalue weighted by atomic mass is 32.2. The average molecular weight is 573 g/mol. The Balaban J connectivity index is 1.04. The van der Waals surface area contributed by atoms with Crippen LogP contribution >= 0.6 is 11.9 Å². The molecule has 4 unspecified atom stereocenters. The highest BCUT2D eigenvalue weighted by Crippen LogP contribution is 2.77. The van der Waals surface area contributed by atoms with E-state index in [9.17, 15) is 18.7 Å². The molecule has 2 saturated carbocycles. The zero-order valence-electron chi connectivity index (χ0n) is 22.1. The van der Waals surface area contributed by atoms with Gasteiger partial charge in [0.2, 0.25) is 0 Å². The number of aliphatic hydroxyl groups is 1. The Labute approximate surface area is 239 Å². The number of nitrogens with zero attached hydrogens (tertiary/aromatic N) is 3. The number of halogens is 2. The number of anilines is 1. The van der Waals surface area contributed by atoms with Crippen molar-refractivity contribution >= 4 is 29.6 Å². The van der Waals surface area contributed by atoms with E-state index in [4.69, 9.17) is 4.52 Å². The van der Waals surface area contributed by atoms with Gasteiger partial charge in [0.05, 0.1) is 10.6 Å². The number of amides is 1. The molecule has 2 N–H and O–H groups in total. The molecule has 7 nitrogen and oxygen atoms in total. The molecule has 3 fully saturated rings. The topological polar surface area (TPSA) is 83.5 Å². The minimum atomic E-state index is -1.03. The van der Waals surface area contributed by atoms with E-state index in [1.54, 1.807) is 11.9 Å². The first-order valence-corrected chi connectivity index (χ1v) is 14.5. The summed E-state index contributed by atoms with van der Waals surface area (Å²) in [6.07, 6.45) is 6.50. The highest BCUT2D eigenvalue weighted by molar-refractivity contribution is 7.97. The Bertz CT molecular complexity index is 1760. The smallest absolute Gasteiger partial charge is 0.272 e. The van der Waals surface area contributed by atoms with Gasteiger partial charge in [-0.25, -0.2) is 13.1 Å². The fourth-order valence-corrected chi connectivity index (χ4v) is 8.91. The van der Waals surface area contributed by atoms with Crippen molar-refractivity contribution in [2.24, 2.45) is 5.41 Å². The van der Waals surface area contributed by atoms with Crippen LogP contribution in [0.3, 0.4) is 0 Å². The molecule has 2 aromatic heterocycles. The third kappa shape index (κ3) is 3.26. The minimum absolute atomic E-state index is 0.188. The van der Waals surface area contributed by atoms with Crippen LogP contribution < -0.4 is 5.32 Å². The number of hydrogen-bond acceptors (Lipinski definition) is 6. The molecular weight excluding hydrogens is 546 g/mol. The van der Waals surface area contributed by atoms with E-state index in [0.717, 1.165) is 46.7 Å². The van der Waals surface area contributed by atoms with Crippen molar-refractivity contribution in [3.63, 3.8) is 0 Å². The van der Waals surface area contributed by atoms with Gasteiger partial charge >= 0.3 is 0 Å². The summed E-state index contributed by atoms with van der Waals surface area (Å²) in [6.45, 7) is 2.48. The number of carbonyl (C=O) groups excluding carboxylic acids is 1. The predicted octanol–water partition coefficient (Wildman–Crippen LogP) is 6.14. The van der Waals surface area contributed by atoms with E-state index in [-0.39, 0.29) is 29.1 Å². The van der Waals surface area contributed by atoms with Crippen LogP contribution in [0.15, 0.2) is 70.1 Å².